The van der Waals surface area contributed by atoms with Crippen LogP contribution >= 0.6 is 0 Å². The summed E-state index contributed by atoms with van der Waals surface area (Å²) in [5, 5.41) is 0. The van der Waals surface area contributed by atoms with Crippen LogP contribution in [-0.2, 0) is 4.74 Å². The fourth-order valence-electron chi connectivity index (χ4n) is 5.42. The summed E-state index contributed by atoms with van der Waals surface area (Å²) in [6, 6.07) is 17.4. The van der Waals surface area contributed by atoms with Crippen molar-refractivity contribution in [3.05, 3.63) is 54.1 Å². The second-order valence-electron chi connectivity index (χ2n) is 11.9. The van der Waals surface area contributed by atoms with E-state index >= 15 is 0 Å². The summed E-state index contributed by atoms with van der Waals surface area (Å²) >= 11 is 0. The smallest absolute Gasteiger partial charge is 0.119 e. The molecule has 40 heavy (non-hydrogen) atoms. The molecule has 0 fully saturated rings. The second-order valence-corrected chi connectivity index (χ2v) is 11.9. The summed E-state index contributed by atoms with van der Waals surface area (Å²) < 4.78 is 12.1. The highest BCUT2D eigenvalue weighted by Crippen LogP contribution is 2.26. The van der Waals surface area contributed by atoms with Crippen LogP contribution in [0.1, 0.15) is 161 Å². The summed E-state index contributed by atoms with van der Waals surface area (Å²) in [7, 11) is 0. The van der Waals surface area contributed by atoms with Crippen molar-refractivity contribution in [3.63, 3.8) is 0 Å². The summed E-state index contributed by atoms with van der Waals surface area (Å²) in [6.45, 7) is 8.42. The van der Waals surface area contributed by atoms with Crippen LogP contribution in [0.4, 0.5) is 0 Å². The molecule has 0 bridgehead atoms. The van der Waals surface area contributed by atoms with Gasteiger partial charge in [0.1, 0.15) is 5.75 Å². The molecule has 0 spiro atoms. The van der Waals surface area contributed by atoms with E-state index in [1.54, 1.807) is 0 Å². The Hall–Kier alpha value is -1.80. The maximum absolute atomic E-state index is 6.15. The van der Waals surface area contributed by atoms with E-state index in [2.05, 4.69) is 69.3 Å². The molecule has 0 saturated heterocycles. The molecule has 0 amide bonds. The maximum atomic E-state index is 6.15. The lowest BCUT2D eigenvalue weighted by molar-refractivity contribution is 0.0627. The Morgan fingerprint density at radius 1 is 0.450 bits per heavy atom. The zero-order valence-electron chi connectivity index (χ0n) is 26.6. The molecule has 2 nitrogen and oxygen atoms in total. The maximum Gasteiger partial charge on any atom is 0.119 e. The van der Waals surface area contributed by atoms with Crippen LogP contribution in [0, 0.1) is 0 Å². The zero-order valence-corrected chi connectivity index (χ0v) is 26.6. The van der Waals surface area contributed by atoms with Crippen LogP contribution < -0.4 is 4.74 Å². The predicted octanol–water partition coefficient (Wildman–Crippen LogP) is 12.7. The summed E-state index contributed by atoms with van der Waals surface area (Å²) in [4.78, 5) is 0. The van der Waals surface area contributed by atoms with Crippen molar-refractivity contribution in [1.29, 1.82) is 0 Å². The van der Waals surface area contributed by atoms with Crippen molar-refractivity contribution >= 4 is 0 Å². The Labute approximate surface area is 248 Å². The first kappa shape index (κ1) is 34.4. The molecule has 1 atom stereocenters. The third-order valence-corrected chi connectivity index (χ3v) is 8.20. The van der Waals surface area contributed by atoms with Gasteiger partial charge in [0.05, 0.1) is 12.7 Å². The van der Waals surface area contributed by atoms with Gasteiger partial charge in [0.2, 0.25) is 0 Å². The van der Waals surface area contributed by atoms with E-state index in [9.17, 15) is 0 Å². The molecule has 2 rings (SSSR count). The first-order valence-electron chi connectivity index (χ1n) is 17.2. The molecule has 0 heterocycles. The van der Waals surface area contributed by atoms with E-state index in [4.69, 9.17) is 9.47 Å². The lowest BCUT2D eigenvalue weighted by atomic mass is 10.0. The van der Waals surface area contributed by atoms with E-state index < -0.39 is 0 Å². The number of hydrogen-bond acceptors (Lipinski definition) is 2. The Balaban J connectivity index is 1.52. The quantitative estimate of drug-likeness (QED) is 0.108. The van der Waals surface area contributed by atoms with Crippen molar-refractivity contribution in [2.45, 2.75) is 155 Å². The average molecular weight is 551 g/mol. The Morgan fingerprint density at radius 2 is 0.825 bits per heavy atom. The van der Waals surface area contributed by atoms with Crippen molar-refractivity contribution in [1.82, 2.24) is 0 Å². The lowest BCUT2D eigenvalue weighted by Crippen LogP contribution is -2.01. The molecule has 0 N–H and O–H groups in total. The van der Waals surface area contributed by atoms with Crippen LogP contribution in [0.3, 0.4) is 0 Å². The van der Waals surface area contributed by atoms with Gasteiger partial charge in [-0.3, -0.25) is 0 Å². The van der Waals surface area contributed by atoms with Gasteiger partial charge < -0.3 is 9.47 Å². The van der Waals surface area contributed by atoms with Crippen molar-refractivity contribution in [2.24, 2.45) is 0 Å². The van der Waals surface area contributed by atoms with Crippen LogP contribution in [0.5, 0.6) is 5.75 Å². The van der Waals surface area contributed by atoms with Crippen LogP contribution in [0.25, 0.3) is 11.1 Å². The molecule has 2 heteroatoms. The second kappa shape index (κ2) is 23.9. The third kappa shape index (κ3) is 16.5. The largest absolute Gasteiger partial charge is 0.494 e. The van der Waals surface area contributed by atoms with Gasteiger partial charge in [0.15, 0.2) is 0 Å². The topological polar surface area (TPSA) is 18.5 Å². The molecule has 1 unspecified atom stereocenters. The summed E-state index contributed by atoms with van der Waals surface area (Å²) in [5.41, 5.74) is 3.73. The highest BCUT2D eigenvalue weighted by molar-refractivity contribution is 5.64. The molecule has 0 aliphatic heterocycles. The van der Waals surface area contributed by atoms with Gasteiger partial charge in [-0.15, -0.1) is 0 Å². The van der Waals surface area contributed by atoms with E-state index in [0.29, 0.717) is 0 Å². The lowest BCUT2D eigenvalue weighted by Gasteiger charge is -2.14. The fraction of sp³-hybridized carbons (Fsp3) is 0.684. The van der Waals surface area contributed by atoms with Crippen molar-refractivity contribution in [2.75, 3.05) is 13.2 Å². The normalized spacial score (nSPS) is 12.1. The minimum absolute atomic E-state index is 0.147. The van der Waals surface area contributed by atoms with Crippen LogP contribution in [0.2, 0.25) is 0 Å². The van der Waals surface area contributed by atoms with E-state index in [-0.39, 0.29) is 6.10 Å². The van der Waals surface area contributed by atoms with Gasteiger partial charge in [-0.1, -0.05) is 166 Å². The Kier molecular flexibility index (Phi) is 20.5. The number of benzene rings is 2. The van der Waals surface area contributed by atoms with Crippen molar-refractivity contribution < 1.29 is 9.47 Å². The average Bonchev–Trinajstić information content (AvgIpc) is 2.99. The Morgan fingerprint density at radius 3 is 1.27 bits per heavy atom. The molecule has 0 aliphatic carbocycles. The van der Waals surface area contributed by atoms with Gasteiger partial charge in [0.25, 0.3) is 0 Å². The molecule has 0 aliphatic rings. The molecule has 226 valence electrons. The van der Waals surface area contributed by atoms with Gasteiger partial charge in [0, 0.05) is 6.61 Å². The Bertz CT molecular complexity index is 810. The minimum atomic E-state index is 0.147. The van der Waals surface area contributed by atoms with Crippen LogP contribution in [-0.4, -0.2) is 13.2 Å². The number of ether oxygens (including phenoxy) is 2. The molecule has 0 radical (unpaired) electrons. The van der Waals surface area contributed by atoms with Crippen molar-refractivity contribution in [3.8, 4) is 16.9 Å². The van der Waals surface area contributed by atoms with Crippen LogP contribution in [0.15, 0.2) is 48.5 Å². The predicted molar refractivity (Wildman–Crippen MR) is 175 cm³/mol. The van der Waals surface area contributed by atoms with Gasteiger partial charge >= 0.3 is 0 Å². The highest BCUT2D eigenvalue weighted by atomic mass is 16.5. The SMILES string of the molecule is CCCCCCCCCCCCCCCOC(C)c1ccc(-c2ccc(OCCCCCCCCC)cc2)cc1. The molecule has 2 aromatic rings. The number of rotatable bonds is 26. The molecule has 2 aromatic carbocycles. The van der Waals surface area contributed by atoms with Gasteiger partial charge in [-0.25, -0.2) is 0 Å². The summed E-state index contributed by atoms with van der Waals surface area (Å²) in [5.74, 6) is 0.974. The number of hydrogen-bond donors (Lipinski definition) is 0. The molecular formula is C38H62O2. The zero-order chi connectivity index (χ0) is 28.5. The highest BCUT2D eigenvalue weighted by Gasteiger charge is 2.07. The first-order chi connectivity index (χ1) is 19.7. The molecule has 0 aromatic heterocycles. The first-order valence-corrected chi connectivity index (χ1v) is 17.2. The minimum Gasteiger partial charge on any atom is -0.494 e. The van der Waals surface area contributed by atoms with E-state index in [1.165, 1.54) is 139 Å². The molecular weight excluding hydrogens is 488 g/mol. The van der Waals surface area contributed by atoms with Gasteiger partial charge in [-0.05, 0) is 48.6 Å². The molecule has 0 saturated carbocycles. The number of unbranched alkanes of at least 4 members (excludes halogenated alkanes) is 18. The van der Waals surface area contributed by atoms with Gasteiger partial charge in [-0.2, -0.15) is 0 Å². The van der Waals surface area contributed by atoms with E-state index in [0.717, 1.165) is 25.4 Å². The standard InChI is InChI=1S/C38H62O2/c1-4-6-8-10-12-13-14-15-16-17-19-20-22-32-39-34(3)35-24-26-36(27-25-35)37-28-30-38(31-29-37)40-33-23-21-18-11-9-7-5-2/h24-31,34H,4-23,32-33H2,1-3H3. The van der Waals surface area contributed by atoms with E-state index in [1.807, 2.05) is 0 Å². The fourth-order valence-corrected chi connectivity index (χ4v) is 5.42. The third-order valence-electron chi connectivity index (χ3n) is 8.20. The monoisotopic (exact) mass is 550 g/mol. The summed E-state index contributed by atoms with van der Waals surface area (Å²) in [6.07, 6.45) is 27.4.